The molecule has 2 aliphatic rings. The van der Waals surface area contributed by atoms with Crippen molar-refractivity contribution in [3.8, 4) is 12.3 Å². The van der Waals surface area contributed by atoms with Crippen LogP contribution in [0, 0.1) is 18.3 Å². The monoisotopic (exact) mass is 279 g/mol. The van der Waals surface area contributed by atoms with Crippen molar-refractivity contribution < 1.29 is 4.79 Å². The molecule has 4 nitrogen and oxygen atoms in total. The molecule has 21 heavy (non-hydrogen) atoms. The van der Waals surface area contributed by atoms with Crippen LogP contribution >= 0.6 is 0 Å². The Morgan fingerprint density at radius 3 is 3.00 bits per heavy atom. The Kier molecular flexibility index (Phi) is 2.76. The zero-order valence-corrected chi connectivity index (χ0v) is 11.7. The summed E-state index contributed by atoms with van der Waals surface area (Å²) in [6, 6.07) is 8.24. The van der Waals surface area contributed by atoms with Crippen LogP contribution in [0.5, 0.6) is 0 Å². The predicted molar refractivity (Wildman–Crippen MR) is 81.1 cm³/mol. The van der Waals surface area contributed by atoms with Gasteiger partial charge in [0.15, 0.2) is 0 Å². The summed E-state index contributed by atoms with van der Waals surface area (Å²) in [6.45, 7) is 1.10. The van der Waals surface area contributed by atoms with Crippen molar-refractivity contribution in [3.05, 3.63) is 41.7 Å². The molecule has 1 saturated carbocycles. The standard InChI is InChI=1S/C17H17N3O/c1-2-13-3-4-14-9-12(5-6-20(13)14)17(21)19-16-8-11-7-15(16)18-10-11/h1,3-6,9,11,15-16,18H,7-8,10H2,(H,19,21). The number of hydrogen-bond donors (Lipinski definition) is 2. The van der Waals surface area contributed by atoms with E-state index in [1.165, 1.54) is 6.42 Å². The molecule has 4 rings (SSSR count). The highest BCUT2D eigenvalue weighted by Crippen LogP contribution is 2.31. The molecule has 0 spiro atoms. The molecule has 3 unspecified atom stereocenters. The zero-order chi connectivity index (χ0) is 14.4. The fourth-order valence-corrected chi connectivity index (χ4v) is 3.63. The van der Waals surface area contributed by atoms with E-state index in [4.69, 9.17) is 6.42 Å². The van der Waals surface area contributed by atoms with Gasteiger partial charge in [0, 0.05) is 29.4 Å². The first-order valence-corrected chi connectivity index (χ1v) is 7.36. The van der Waals surface area contributed by atoms with Crippen molar-refractivity contribution >= 4 is 11.4 Å². The van der Waals surface area contributed by atoms with Gasteiger partial charge < -0.3 is 15.0 Å². The number of hydrogen-bond acceptors (Lipinski definition) is 2. The van der Waals surface area contributed by atoms with Gasteiger partial charge in [0.05, 0.1) is 5.69 Å². The SMILES string of the molecule is C#Cc1ccc2cc(C(=O)NC3CC4CNC3C4)ccn12. The first-order chi connectivity index (χ1) is 10.2. The van der Waals surface area contributed by atoms with Crippen molar-refractivity contribution in [2.75, 3.05) is 6.54 Å². The smallest absolute Gasteiger partial charge is 0.251 e. The second-order valence-corrected chi connectivity index (χ2v) is 6.01. The Bertz CT molecular complexity index is 755. The van der Waals surface area contributed by atoms with E-state index in [9.17, 15) is 4.79 Å². The number of amides is 1. The van der Waals surface area contributed by atoms with Crippen LogP contribution < -0.4 is 10.6 Å². The third-order valence-electron chi connectivity index (χ3n) is 4.71. The summed E-state index contributed by atoms with van der Waals surface area (Å²) in [7, 11) is 0. The minimum absolute atomic E-state index is 0.000285. The van der Waals surface area contributed by atoms with E-state index >= 15 is 0 Å². The number of nitrogens with one attached hydrogen (secondary N) is 2. The number of nitrogens with zero attached hydrogens (tertiary/aromatic N) is 1. The Morgan fingerprint density at radius 2 is 2.29 bits per heavy atom. The van der Waals surface area contributed by atoms with E-state index in [2.05, 4.69) is 16.6 Å². The van der Waals surface area contributed by atoms with Gasteiger partial charge in [-0.25, -0.2) is 0 Å². The minimum atomic E-state index is 0.000285. The molecular weight excluding hydrogens is 262 g/mol. The van der Waals surface area contributed by atoms with Crippen molar-refractivity contribution in [3.63, 3.8) is 0 Å². The topological polar surface area (TPSA) is 45.5 Å². The number of carbonyl (C=O) groups excluding carboxylic acids is 1. The van der Waals surface area contributed by atoms with E-state index in [0.717, 1.165) is 30.1 Å². The maximum Gasteiger partial charge on any atom is 0.251 e. The summed E-state index contributed by atoms with van der Waals surface area (Å²) in [4.78, 5) is 12.4. The van der Waals surface area contributed by atoms with Gasteiger partial charge >= 0.3 is 0 Å². The summed E-state index contributed by atoms with van der Waals surface area (Å²) in [5.41, 5.74) is 2.43. The zero-order valence-electron chi connectivity index (χ0n) is 11.7. The molecule has 1 amide bonds. The normalized spacial score (nSPS) is 26.9. The quantitative estimate of drug-likeness (QED) is 0.816. The summed E-state index contributed by atoms with van der Waals surface area (Å²) < 4.78 is 1.91. The Hall–Kier alpha value is -2.25. The molecule has 0 aromatic carbocycles. The summed E-state index contributed by atoms with van der Waals surface area (Å²) in [6.07, 6.45) is 9.59. The lowest BCUT2D eigenvalue weighted by Gasteiger charge is -2.24. The molecule has 1 saturated heterocycles. The molecule has 106 valence electrons. The van der Waals surface area contributed by atoms with Gasteiger partial charge in [0.1, 0.15) is 0 Å². The highest BCUT2D eigenvalue weighted by atomic mass is 16.1. The molecular formula is C17H17N3O. The molecule has 0 radical (unpaired) electrons. The van der Waals surface area contributed by atoms with Gasteiger partial charge in [-0.05, 0) is 49.6 Å². The van der Waals surface area contributed by atoms with Gasteiger partial charge in [-0.2, -0.15) is 0 Å². The van der Waals surface area contributed by atoms with Crippen LogP contribution in [0.2, 0.25) is 0 Å². The third-order valence-corrected chi connectivity index (χ3v) is 4.71. The van der Waals surface area contributed by atoms with Gasteiger partial charge in [0.2, 0.25) is 0 Å². The lowest BCUT2D eigenvalue weighted by Crippen LogP contribution is -2.47. The van der Waals surface area contributed by atoms with Gasteiger partial charge in [-0.3, -0.25) is 4.79 Å². The summed E-state index contributed by atoms with van der Waals surface area (Å²) in [5.74, 6) is 3.36. The Balaban J connectivity index is 1.55. The first-order valence-electron chi connectivity index (χ1n) is 7.36. The lowest BCUT2D eigenvalue weighted by atomic mass is 10.1. The Morgan fingerprint density at radius 1 is 1.38 bits per heavy atom. The average molecular weight is 279 g/mol. The molecule has 1 aliphatic heterocycles. The molecule has 3 heterocycles. The average Bonchev–Trinajstić information content (AvgIpc) is 3.21. The van der Waals surface area contributed by atoms with E-state index in [-0.39, 0.29) is 11.9 Å². The van der Waals surface area contributed by atoms with Crippen LogP contribution in [0.1, 0.15) is 28.9 Å². The first kappa shape index (κ1) is 12.5. The van der Waals surface area contributed by atoms with Gasteiger partial charge in [0.25, 0.3) is 5.91 Å². The molecule has 2 aromatic rings. The number of pyridine rings is 1. The maximum absolute atomic E-state index is 12.4. The van der Waals surface area contributed by atoms with Crippen molar-refractivity contribution in [1.82, 2.24) is 15.0 Å². The Labute approximate surface area is 123 Å². The van der Waals surface area contributed by atoms with E-state index in [1.54, 1.807) is 0 Å². The number of terminal acetylenes is 1. The fourth-order valence-electron chi connectivity index (χ4n) is 3.63. The van der Waals surface area contributed by atoms with E-state index < -0.39 is 0 Å². The lowest BCUT2D eigenvalue weighted by molar-refractivity contribution is 0.0928. The van der Waals surface area contributed by atoms with Crippen LogP contribution in [0.25, 0.3) is 5.52 Å². The number of fused-ring (bicyclic) bond motifs is 3. The van der Waals surface area contributed by atoms with Crippen LogP contribution in [0.4, 0.5) is 0 Å². The molecule has 3 atom stereocenters. The van der Waals surface area contributed by atoms with Crippen LogP contribution in [-0.4, -0.2) is 28.9 Å². The van der Waals surface area contributed by atoms with Gasteiger partial charge in [-0.1, -0.05) is 5.92 Å². The fraction of sp³-hybridized carbons (Fsp3) is 0.353. The number of piperidine rings is 1. The molecule has 2 fully saturated rings. The number of carbonyl (C=O) groups is 1. The number of aromatic nitrogens is 1. The van der Waals surface area contributed by atoms with Crippen LogP contribution in [0.15, 0.2) is 30.5 Å². The largest absolute Gasteiger partial charge is 0.348 e. The second kappa shape index (κ2) is 4.64. The van der Waals surface area contributed by atoms with Crippen molar-refractivity contribution in [1.29, 1.82) is 0 Å². The second-order valence-electron chi connectivity index (χ2n) is 6.01. The number of rotatable bonds is 2. The molecule has 4 heteroatoms. The van der Waals surface area contributed by atoms with Crippen molar-refractivity contribution in [2.24, 2.45) is 5.92 Å². The highest BCUT2D eigenvalue weighted by Gasteiger charge is 2.40. The van der Waals surface area contributed by atoms with E-state index in [0.29, 0.717) is 11.6 Å². The molecule has 2 N–H and O–H groups in total. The molecule has 2 aromatic heterocycles. The summed E-state index contributed by atoms with van der Waals surface area (Å²) >= 11 is 0. The predicted octanol–water partition coefficient (Wildman–Crippen LogP) is 1.40. The molecule has 1 aliphatic carbocycles. The maximum atomic E-state index is 12.4. The third kappa shape index (κ3) is 2.01. The van der Waals surface area contributed by atoms with Crippen LogP contribution in [-0.2, 0) is 0 Å². The minimum Gasteiger partial charge on any atom is -0.348 e. The van der Waals surface area contributed by atoms with Gasteiger partial charge in [-0.15, -0.1) is 6.42 Å². The highest BCUT2D eigenvalue weighted by molar-refractivity contribution is 5.95. The van der Waals surface area contributed by atoms with Crippen LogP contribution in [0.3, 0.4) is 0 Å². The molecule has 2 bridgehead atoms. The van der Waals surface area contributed by atoms with E-state index in [1.807, 2.05) is 34.9 Å². The summed E-state index contributed by atoms with van der Waals surface area (Å²) in [5, 5.41) is 6.62. The van der Waals surface area contributed by atoms with Crippen molar-refractivity contribution in [2.45, 2.75) is 24.9 Å².